The highest BCUT2D eigenvalue weighted by Gasteiger charge is 2.30. The van der Waals surface area contributed by atoms with E-state index in [1.165, 1.54) is 30.3 Å². The molecule has 3 rings (SSSR count). The third-order valence-corrected chi connectivity index (χ3v) is 8.25. The van der Waals surface area contributed by atoms with Crippen molar-refractivity contribution in [1.82, 2.24) is 4.72 Å². The van der Waals surface area contributed by atoms with E-state index in [0.29, 0.717) is 18.4 Å². The summed E-state index contributed by atoms with van der Waals surface area (Å²) in [5, 5.41) is 10.1. The highest BCUT2D eigenvalue weighted by molar-refractivity contribution is 7.91. The summed E-state index contributed by atoms with van der Waals surface area (Å²) in [6.45, 7) is 1.62. The van der Waals surface area contributed by atoms with Crippen LogP contribution >= 0.6 is 0 Å². The predicted molar refractivity (Wildman–Crippen MR) is 102 cm³/mol. The molecule has 1 aliphatic carbocycles. The third-order valence-electron chi connectivity index (χ3n) is 4.85. The van der Waals surface area contributed by atoms with Gasteiger partial charge in [0, 0.05) is 6.04 Å². The highest BCUT2D eigenvalue weighted by atomic mass is 32.2. The number of aryl methyl sites for hydroxylation is 1. The van der Waals surface area contributed by atoms with Crippen molar-refractivity contribution in [3.8, 4) is 0 Å². The van der Waals surface area contributed by atoms with Gasteiger partial charge in [0.25, 0.3) is 0 Å². The maximum Gasteiger partial charge on any atom is 0.241 e. The number of sulfone groups is 1. The largest absolute Gasteiger partial charge is 0.391 e. The molecule has 2 aromatic carbocycles. The van der Waals surface area contributed by atoms with Crippen molar-refractivity contribution in [3.63, 3.8) is 0 Å². The van der Waals surface area contributed by atoms with Gasteiger partial charge in [0.2, 0.25) is 19.9 Å². The summed E-state index contributed by atoms with van der Waals surface area (Å²) in [6, 6.07) is 11.4. The number of sulfonamides is 1. The number of rotatable bonds is 5. The van der Waals surface area contributed by atoms with Crippen LogP contribution in [0.3, 0.4) is 0 Å². The molecule has 1 fully saturated rings. The number of hydrogen-bond acceptors (Lipinski definition) is 5. The Morgan fingerprint density at radius 2 is 1.59 bits per heavy atom. The fraction of sp³-hybridized carbons (Fsp3) is 0.368. The zero-order valence-electron chi connectivity index (χ0n) is 15.0. The Bertz CT molecular complexity index is 1020. The standard InChI is InChI=1S/C19H23NO5S2/c1-14-11-12-16(26(22,23)15-7-3-2-4-8-15)13-19(14)27(24,25)20-17-9-5-6-10-18(17)21/h2-4,7-8,11-13,17-18,20-21H,5-6,9-10H2,1H3. The molecule has 0 bridgehead atoms. The van der Waals surface area contributed by atoms with Crippen LogP contribution in [0.2, 0.25) is 0 Å². The van der Waals surface area contributed by atoms with E-state index in [2.05, 4.69) is 4.72 Å². The van der Waals surface area contributed by atoms with Crippen LogP contribution in [-0.2, 0) is 19.9 Å². The minimum Gasteiger partial charge on any atom is -0.391 e. The maximum absolute atomic E-state index is 12.9. The molecule has 0 aliphatic heterocycles. The van der Waals surface area contributed by atoms with Crippen LogP contribution in [0.25, 0.3) is 0 Å². The van der Waals surface area contributed by atoms with E-state index < -0.39 is 32.0 Å². The van der Waals surface area contributed by atoms with Gasteiger partial charge >= 0.3 is 0 Å². The van der Waals surface area contributed by atoms with E-state index in [0.717, 1.165) is 12.8 Å². The van der Waals surface area contributed by atoms with Gasteiger partial charge < -0.3 is 5.11 Å². The van der Waals surface area contributed by atoms with Crippen molar-refractivity contribution in [2.24, 2.45) is 0 Å². The molecule has 1 saturated carbocycles. The molecule has 1 aliphatic rings. The van der Waals surface area contributed by atoms with Gasteiger partial charge in [0.05, 0.1) is 20.8 Å². The summed E-state index contributed by atoms with van der Waals surface area (Å²) in [5.41, 5.74) is 0.444. The predicted octanol–water partition coefficient (Wildman–Crippen LogP) is 2.41. The summed E-state index contributed by atoms with van der Waals surface area (Å²) < 4.78 is 53.9. The lowest BCUT2D eigenvalue weighted by Crippen LogP contribution is -2.45. The lowest BCUT2D eigenvalue weighted by molar-refractivity contribution is 0.101. The monoisotopic (exact) mass is 409 g/mol. The third kappa shape index (κ3) is 4.24. The Balaban J connectivity index is 1.98. The van der Waals surface area contributed by atoms with Gasteiger partial charge in [-0.1, -0.05) is 37.1 Å². The molecule has 2 unspecified atom stereocenters. The van der Waals surface area contributed by atoms with Crippen molar-refractivity contribution in [2.45, 2.75) is 59.4 Å². The van der Waals surface area contributed by atoms with Crippen LogP contribution in [0.15, 0.2) is 63.2 Å². The number of aliphatic hydroxyl groups excluding tert-OH is 1. The second-order valence-corrected chi connectivity index (χ2v) is 10.5. The summed E-state index contributed by atoms with van der Waals surface area (Å²) in [5.74, 6) is 0. The van der Waals surface area contributed by atoms with E-state index in [4.69, 9.17) is 0 Å². The summed E-state index contributed by atoms with van der Waals surface area (Å²) in [6.07, 6.45) is 2.08. The van der Waals surface area contributed by atoms with Gasteiger partial charge in [-0.2, -0.15) is 0 Å². The van der Waals surface area contributed by atoms with E-state index in [9.17, 15) is 21.9 Å². The number of nitrogens with one attached hydrogen (secondary N) is 1. The first-order valence-corrected chi connectivity index (χ1v) is 11.8. The minimum atomic E-state index is -3.96. The molecule has 2 atom stereocenters. The molecule has 2 aromatic rings. The van der Waals surface area contributed by atoms with Gasteiger partial charge in [-0.3, -0.25) is 0 Å². The van der Waals surface area contributed by atoms with E-state index in [-0.39, 0.29) is 14.7 Å². The molecule has 27 heavy (non-hydrogen) atoms. The van der Waals surface area contributed by atoms with Crippen LogP contribution in [0.1, 0.15) is 31.2 Å². The zero-order chi connectivity index (χ0) is 19.7. The second kappa shape index (κ2) is 7.71. The molecule has 8 heteroatoms. The second-order valence-electron chi connectivity index (χ2n) is 6.82. The molecule has 0 amide bonds. The van der Waals surface area contributed by atoms with E-state index >= 15 is 0 Å². The molecule has 0 spiro atoms. The highest BCUT2D eigenvalue weighted by Crippen LogP contribution is 2.27. The number of aliphatic hydroxyl groups is 1. The van der Waals surface area contributed by atoms with Crippen LogP contribution in [-0.4, -0.2) is 34.1 Å². The van der Waals surface area contributed by atoms with Gasteiger partial charge in [-0.25, -0.2) is 21.6 Å². The maximum atomic E-state index is 12.9. The molecule has 0 saturated heterocycles. The topological polar surface area (TPSA) is 101 Å². The quantitative estimate of drug-likeness (QED) is 0.790. The molecule has 0 radical (unpaired) electrons. The first-order valence-electron chi connectivity index (χ1n) is 8.83. The Morgan fingerprint density at radius 1 is 0.926 bits per heavy atom. The van der Waals surface area contributed by atoms with E-state index in [1.54, 1.807) is 25.1 Å². The minimum absolute atomic E-state index is 0.0798. The Hall–Kier alpha value is -1.74. The Kier molecular flexibility index (Phi) is 5.71. The number of hydrogen-bond donors (Lipinski definition) is 2. The van der Waals surface area contributed by atoms with Crippen molar-refractivity contribution in [3.05, 3.63) is 54.1 Å². The van der Waals surface area contributed by atoms with Gasteiger partial charge in [-0.15, -0.1) is 0 Å². The number of benzene rings is 2. The molecule has 0 heterocycles. The van der Waals surface area contributed by atoms with Crippen molar-refractivity contribution >= 4 is 19.9 Å². The van der Waals surface area contributed by atoms with Gasteiger partial charge in [0.15, 0.2) is 0 Å². The SMILES string of the molecule is Cc1ccc(S(=O)(=O)c2ccccc2)cc1S(=O)(=O)NC1CCCCC1O. The van der Waals surface area contributed by atoms with Crippen LogP contribution in [0, 0.1) is 6.92 Å². The van der Waals surface area contributed by atoms with E-state index in [1.807, 2.05) is 0 Å². The van der Waals surface area contributed by atoms with Crippen LogP contribution in [0.4, 0.5) is 0 Å². The molecule has 146 valence electrons. The summed E-state index contributed by atoms with van der Waals surface area (Å²) in [7, 11) is -7.79. The summed E-state index contributed by atoms with van der Waals surface area (Å²) in [4.78, 5) is -0.0611. The molecule has 2 N–H and O–H groups in total. The van der Waals surface area contributed by atoms with Crippen molar-refractivity contribution in [2.75, 3.05) is 0 Å². The fourth-order valence-electron chi connectivity index (χ4n) is 3.28. The molecular formula is C19H23NO5S2. The fourth-order valence-corrected chi connectivity index (χ4v) is 6.24. The van der Waals surface area contributed by atoms with Crippen LogP contribution in [0.5, 0.6) is 0 Å². The lowest BCUT2D eigenvalue weighted by Gasteiger charge is -2.28. The normalized spacial score (nSPS) is 21.1. The Labute approximate surface area is 160 Å². The average molecular weight is 410 g/mol. The van der Waals surface area contributed by atoms with Gasteiger partial charge in [0.1, 0.15) is 0 Å². The first-order chi connectivity index (χ1) is 12.7. The Morgan fingerprint density at radius 3 is 2.26 bits per heavy atom. The molecule has 6 nitrogen and oxygen atoms in total. The van der Waals surface area contributed by atoms with Crippen molar-refractivity contribution in [1.29, 1.82) is 0 Å². The first kappa shape index (κ1) is 20.0. The van der Waals surface area contributed by atoms with Crippen molar-refractivity contribution < 1.29 is 21.9 Å². The smallest absolute Gasteiger partial charge is 0.241 e. The lowest BCUT2D eigenvalue weighted by atomic mass is 9.93. The average Bonchev–Trinajstić information content (AvgIpc) is 2.64. The molecular weight excluding hydrogens is 386 g/mol. The molecule has 0 aromatic heterocycles. The van der Waals surface area contributed by atoms with Crippen LogP contribution < -0.4 is 4.72 Å². The zero-order valence-corrected chi connectivity index (χ0v) is 16.6. The van der Waals surface area contributed by atoms with Gasteiger partial charge in [-0.05, 0) is 49.6 Å². The summed E-state index contributed by atoms with van der Waals surface area (Å²) >= 11 is 0.